The van der Waals surface area contributed by atoms with Crippen molar-refractivity contribution in [1.29, 1.82) is 0 Å². The maximum Gasteiger partial charge on any atom is 0.407 e. The van der Waals surface area contributed by atoms with Gasteiger partial charge in [-0.1, -0.05) is 48.5 Å². The Morgan fingerprint density at radius 3 is 2.33 bits per heavy atom. The molecule has 3 N–H and O–H groups in total. The lowest BCUT2D eigenvalue weighted by Crippen LogP contribution is -2.61. The molecule has 0 saturated carbocycles. The molecule has 9 heteroatoms. The van der Waals surface area contributed by atoms with Gasteiger partial charge >= 0.3 is 12.1 Å². The monoisotopic (exact) mass is 451 g/mol. The molecule has 172 valence electrons. The number of fused-ring (bicyclic) bond motifs is 3. The lowest BCUT2D eigenvalue weighted by atomic mass is 9.98. The fourth-order valence-corrected chi connectivity index (χ4v) is 4.47. The quantitative estimate of drug-likeness (QED) is 0.614. The summed E-state index contributed by atoms with van der Waals surface area (Å²) in [5, 5.41) is 14.1. The molecule has 1 unspecified atom stereocenters. The third kappa shape index (κ3) is 4.52. The number of piperazine rings is 1. The smallest absolute Gasteiger partial charge is 0.407 e. The highest BCUT2D eigenvalue weighted by molar-refractivity contribution is 5.94. The molecule has 0 bridgehead atoms. The highest BCUT2D eigenvalue weighted by Gasteiger charge is 2.37. The van der Waals surface area contributed by atoms with Crippen molar-refractivity contribution in [2.45, 2.75) is 31.3 Å². The van der Waals surface area contributed by atoms with Crippen molar-refractivity contribution in [1.82, 2.24) is 15.5 Å². The number of carbonyl (C=O) groups is 4. The van der Waals surface area contributed by atoms with E-state index in [0.717, 1.165) is 22.3 Å². The van der Waals surface area contributed by atoms with Gasteiger partial charge in [-0.05, 0) is 29.2 Å². The summed E-state index contributed by atoms with van der Waals surface area (Å²) < 4.78 is 5.47. The van der Waals surface area contributed by atoms with E-state index in [-0.39, 0.29) is 25.6 Å². The maximum absolute atomic E-state index is 12.8. The molecule has 9 nitrogen and oxygen atoms in total. The van der Waals surface area contributed by atoms with Crippen LogP contribution in [0, 0.1) is 0 Å². The van der Waals surface area contributed by atoms with Gasteiger partial charge in [0.05, 0.1) is 6.42 Å². The van der Waals surface area contributed by atoms with Gasteiger partial charge in [-0.15, -0.1) is 0 Å². The molecule has 1 fully saturated rings. The zero-order valence-corrected chi connectivity index (χ0v) is 18.1. The Balaban J connectivity index is 1.38. The summed E-state index contributed by atoms with van der Waals surface area (Å²) in [6.45, 7) is 1.97. The van der Waals surface area contributed by atoms with Crippen molar-refractivity contribution < 1.29 is 29.0 Å². The Kier molecular flexibility index (Phi) is 6.30. The molecule has 1 aliphatic heterocycles. The standard InChI is InChI=1S/C24H25N3O6/c1-14(23(31)27-11-10-25-22(30)20(27)12-21(28)29)26-24(32)33-13-19-17-8-4-2-6-15(17)16-7-3-5-9-18(16)19/h2-9,14,19-20H,10-13H2,1H3,(H,25,30)(H,26,32)(H,28,29)/t14-,20?/m0/s1. The number of aliphatic carboxylic acids is 1. The molecular weight excluding hydrogens is 426 g/mol. The van der Waals surface area contributed by atoms with Gasteiger partial charge in [0.25, 0.3) is 0 Å². The Labute approximate surface area is 190 Å². The van der Waals surface area contributed by atoms with Gasteiger partial charge in [0.15, 0.2) is 0 Å². The number of hydrogen-bond donors (Lipinski definition) is 3. The van der Waals surface area contributed by atoms with Crippen LogP contribution in [-0.4, -0.2) is 65.7 Å². The van der Waals surface area contributed by atoms with Gasteiger partial charge in [0.2, 0.25) is 11.8 Å². The van der Waals surface area contributed by atoms with Crippen LogP contribution in [0.3, 0.4) is 0 Å². The molecule has 1 aliphatic carbocycles. The second kappa shape index (κ2) is 9.32. The summed E-state index contributed by atoms with van der Waals surface area (Å²) in [5.41, 5.74) is 4.37. The van der Waals surface area contributed by atoms with E-state index in [2.05, 4.69) is 10.6 Å². The van der Waals surface area contributed by atoms with E-state index in [1.165, 1.54) is 11.8 Å². The van der Waals surface area contributed by atoms with E-state index in [1.54, 1.807) is 0 Å². The van der Waals surface area contributed by atoms with Crippen molar-refractivity contribution in [3.8, 4) is 11.1 Å². The molecule has 0 radical (unpaired) electrons. The second-order valence-corrected chi connectivity index (χ2v) is 8.13. The topological polar surface area (TPSA) is 125 Å². The Hall–Kier alpha value is -3.88. The number of alkyl carbamates (subject to hydrolysis) is 1. The van der Waals surface area contributed by atoms with E-state index in [0.29, 0.717) is 0 Å². The minimum atomic E-state index is -1.19. The third-order valence-corrected chi connectivity index (χ3v) is 6.03. The van der Waals surface area contributed by atoms with Crippen molar-refractivity contribution in [3.63, 3.8) is 0 Å². The van der Waals surface area contributed by atoms with Gasteiger partial charge in [-0.2, -0.15) is 0 Å². The van der Waals surface area contributed by atoms with Gasteiger partial charge < -0.3 is 25.4 Å². The van der Waals surface area contributed by atoms with Crippen LogP contribution in [0.4, 0.5) is 4.79 Å². The number of ether oxygens (including phenoxy) is 1. The van der Waals surface area contributed by atoms with Crippen LogP contribution < -0.4 is 10.6 Å². The van der Waals surface area contributed by atoms with E-state index < -0.39 is 42.4 Å². The molecule has 1 saturated heterocycles. The van der Waals surface area contributed by atoms with Gasteiger partial charge in [-0.3, -0.25) is 14.4 Å². The van der Waals surface area contributed by atoms with Crippen molar-refractivity contribution in [2.75, 3.05) is 19.7 Å². The van der Waals surface area contributed by atoms with Gasteiger partial charge in [0.1, 0.15) is 18.7 Å². The normalized spacial score (nSPS) is 18.0. The number of amides is 3. The van der Waals surface area contributed by atoms with Crippen LogP contribution in [-0.2, 0) is 19.1 Å². The van der Waals surface area contributed by atoms with Crippen molar-refractivity contribution in [3.05, 3.63) is 59.7 Å². The summed E-state index contributed by atoms with van der Waals surface area (Å²) in [6.07, 6.45) is -1.26. The molecule has 2 atom stereocenters. The first-order valence-corrected chi connectivity index (χ1v) is 10.8. The van der Waals surface area contributed by atoms with Crippen LogP contribution in [0.15, 0.2) is 48.5 Å². The minimum Gasteiger partial charge on any atom is -0.481 e. The van der Waals surface area contributed by atoms with Crippen LogP contribution >= 0.6 is 0 Å². The van der Waals surface area contributed by atoms with Crippen molar-refractivity contribution >= 4 is 23.9 Å². The Bertz CT molecular complexity index is 1060. The Morgan fingerprint density at radius 1 is 1.12 bits per heavy atom. The Morgan fingerprint density at radius 2 is 1.73 bits per heavy atom. The van der Waals surface area contributed by atoms with Gasteiger partial charge in [0, 0.05) is 19.0 Å². The van der Waals surface area contributed by atoms with Crippen LogP contribution in [0.25, 0.3) is 11.1 Å². The van der Waals surface area contributed by atoms with Crippen molar-refractivity contribution in [2.24, 2.45) is 0 Å². The number of carboxylic acid groups (broad SMARTS) is 1. The molecule has 3 amide bonds. The van der Waals surface area contributed by atoms with Crippen LogP contribution in [0.2, 0.25) is 0 Å². The molecule has 0 spiro atoms. The molecule has 0 aromatic heterocycles. The number of nitrogens with one attached hydrogen (secondary N) is 2. The summed E-state index contributed by atoms with van der Waals surface area (Å²) in [4.78, 5) is 49.7. The first-order valence-electron chi connectivity index (χ1n) is 10.8. The number of carboxylic acids is 1. The molecule has 2 aliphatic rings. The lowest BCUT2D eigenvalue weighted by Gasteiger charge is -2.35. The van der Waals surface area contributed by atoms with Gasteiger partial charge in [-0.25, -0.2) is 4.79 Å². The third-order valence-electron chi connectivity index (χ3n) is 6.03. The molecule has 4 rings (SSSR count). The van der Waals surface area contributed by atoms with E-state index in [9.17, 15) is 19.2 Å². The number of benzene rings is 2. The van der Waals surface area contributed by atoms with E-state index in [4.69, 9.17) is 9.84 Å². The summed E-state index contributed by atoms with van der Waals surface area (Å²) >= 11 is 0. The van der Waals surface area contributed by atoms with E-state index in [1.807, 2.05) is 48.5 Å². The predicted octanol–water partition coefficient (Wildman–Crippen LogP) is 1.72. The molecular formula is C24H25N3O6. The molecule has 1 heterocycles. The average Bonchev–Trinajstić information content (AvgIpc) is 3.12. The summed E-state index contributed by atoms with van der Waals surface area (Å²) in [5.74, 6) is -2.36. The first kappa shape index (κ1) is 22.3. The zero-order valence-electron chi connectivity index (χ0n) is 18.1. The lowest BCUT2D eigenvalue weighted by molar-refractivity contribution is -0.149. The highest BCUT2D eigenvalue weighted by atomic mass is 16.5. The molecule has 33 heavy (non-hydrogen) atoms. The summed E-state index contributed by atoms with van der Waals surface area (Å²) in [6, 6.07) is 13.8. The average molecular weight is 451 g/mol. The SMILES string of the molecule is C[C@H](NC(=O)OCC1c2ccccc2-c2ccccc21)C(=O)N1CCNC(=O)C1CC(=O)O. The minimum absolute atomic E-state index is 0.106. The largest absolute Gasteiger partial charge is 0.481 e. The highest BCUT2D eigenvalue weighted by Crippen LogP contribution is 2.44. The zero-order chi connectivity index (χ0) is 23.5. The second-order valence-electron chi connectivity index (χ2n) is 8.13. The predicted molar refractivity (Wildman–Crippen MR) is 118 cm³/mol. The molecule has 2 aromatic rings. The number of hydrogen-bond acceptors (Lipinski definition) is 5. The summed E-state index contributed by atoms with van der Waals surface area (Å²) in [7, 11) is 0. The van der Waals surface area contributed by atoms with E-state index >= 15 is 0 Å². The number of carbonyl (C=O) groups excluding carboxylic acids is 3. The van der Waals surface area contributed by atoms with Crippen LogP contribution in [0.1, 0.15) is 30.4 Å². The number of rotatable bonds is 6. The first-order chi connectivity index (χ1) is 15.9. The molecule has 2 aromatic carbocycles. The number of nitrogens with zero attached hydrogens (tertiary/aromatic N) is 1. The van der Waals surface area contributed by atoms with Crippen LogP contribution in [0.5, 0.6) is 0 Å². The fraction of sp³-hybridized carbons (Fsp3) is 0.333. The fourth-order valence-electron chi connectivity index (χ4n) is 4.47. The maximum atomic E-state index is 12.8.